The Morgan fingerprint density at radius 3 is 2.83 bits per heavy atom. The SMILES string of the molecule is O=C1NC(=Nc2cccc(Cl)c2)S/C1=C\c1ccc(O)c(I)c1. The van der Waals surface area contributed by atoms with Gasteiger partial charge in [0.05, 0.1) is 14.2 Å². The van der Waals surface area contributed by atoms with E-state index in [0.717, 1.165) is 9.13 Å². The molecule has 2 N–H and O–H groups in total. The van der Waals surface area contributed by atoms with E-state index in [9.17, 15) is 9.90 Å². The van der Waals surface area contributed by atoms with Gasteiger partial charge in [0.1, 0.15) is 5.75 Å². The fourth-order valence-corrected chi connectivity index (χ4v) is 3.47. The summed E-state index contributed by atoms with van der Waals surface area (Å²) in [4.78, 5) is 17.0. The maximum Gasteiger partial charge on any atom is 0.264 e. The van der Waals surface area contributed by atoms with Crippen molar-refractivity contribution < 1.29 is 9.90 Å². The molecule has 1 saturated heterocycles. The Kier molecular flexibility index (Phi) is 4.93. The van der Waals surface area contributed by atoms with E-state index < -0.39 is 0 Å². The molecule has 0 saturated carbocycles. The Labute approximate surface area is 155 Å². The number of phenols is 1. The first kappa shape index (κ1) is 16.4. The van der Waals surface area contributed by atoms with Crippen molar-refractivity contribution in [1.29, 1.82) is 0 Å². The van der Waals surface area contributed by atoms with E-state index in [1.165, 1.54) is 11.8 Å². The third-order valence-corrected chi connectivity index (χ3v) is 4.97. The summed E-state index contributed by atoms with van der Waals surface area (Å²) in [6.45, 7) is 0. The molecule has 116 valence electrons. The van der Waals surface area contributed by atoms with Crippen molar-refractivity contribution in [2.75, 3.05) is 0 Å². The van der Waals surface area contributed by atoms with Gasteiger partial charge in [0.15, 0.2) is 5.17 Å². The molecule has 2 aromatic carbocycles. The molecule has 0 aromatic heterocycles. The number of aliphatic imine (C=N–C) groups is 1. The summed E-state index contributed by atoms with van der Waals surface area (Å²) in [5.74, 6) is 0.0262. The number of aromatic hydroxyl groups is 1. The van der Waals surface area contributed by atoms with Gasteiger partial charge in [-0.3, -0.25) is 4.79 Å². The maximum absolute atomic E-state index is 12.0. The molecule has 0 unspecified atom stereocenters. The van der Waals surface area contributed by atoms with Crippen LogP contribution in [0.1, 0.15) is 5.56 Å². The number of amides is 1. The van der Waals surface area contributed by atoms with Crippen molar-refractivity contribution >= 4 is 68.8 Å². The van der Waals surface area contributed by atoms with Crippen molar-refractivity contribution in [3.8, 4) is 5.75 Å². The van der Waals surface area contributed by atoms with Crippen molar-refractivity contribution in [2.24, 2.45) is 4.99 Å². The van der Waals surface area contributed by atoms with Gasteiger partial charge in [-0.05, 0) is 76.3 Å². The van der Waals surface area contributed by atoms with Crippen LogP contribution in [0.5, 0.6) is 5.75 Å². The van der Waals surface area contributed by atoms with Crippen LogP contribution in [0.15, 0.2) is 52.4 Å². The van der Waals surface area contributed by atoms with Crippen molar-refractivity contribution in [1.82, 2.24) is 5.32 Å². The highest BCUT2D eigenvalue weighted by molar-refractivity contribution is 14.1. The Balaban J connectivity index is 1.84. The monoisotopic (exact) mass is 456 g/mol. The number of carbonyl (C=O) groups excluding carboxylic acids is 1. The zero-order valence-electron chi connectivity index (χ0n) is 11.6. The Morgan fingerprint density at radius 1 is 1.26 bits per heavy atom. The normalized spacial score (nSPS) is 17.7. The minimum Gasteiger partial charge on any atom is -0.507 e. The molecule has 2 aromatic rings. The number of carbonyl (C=O) groups is 1. The Bertz CT molecular complexity index is 852. The molecular formula is C16H10ClIN2O2S. The van der Waals surface area contributed by atoms with Crippen LogP contribution in [0.4, 0.5) is 5.69 Å². The summed E-state index contributed by atoms with van der Waals surface area (Å²) >= 11 is 9.23. The van der Waals surface area contributed by atoms with Gasteiger partial charge in [-0.25, -0.2) is 4.99 Å². The summed E-state index contributed by atoms with van der Waals surface area (Å²) in [5.41, 5.74) is 1.52. The summed E-state index contributed by atoms with van der Waals surface area (Å²) in [6.07, 6.45) is 1.77. The van der Waals surface area contributed by atoms with Crippen LogP contribution >= 0.6 is 46.0 Å². The molecule has 1 aliphatic rings. The quantitative estimate of drug-likeness (QED) is 0.515. The highest BCUT2D eigenvalue weighted by Crippen LogP contribution is 2.30. The summed E-state index contributed by atoms with van der Waals surface area (Å²) in [7, 11) is 0. The van der Waals surface area contributed by atoms with Crippen LogP contribution in [0.25, 0.3) is 6.08 Å². The zero-order valence-corrected chi connectivity index (χ0v) is 15.3. The average molecular weight is 457 g/mol. The molecule has 1 heterocycles. The Hall–Kier alpha value is -1.51. The molecule has 1 fully saturated rings. The lowest BCUT2D eigenvalue weighted by Gasteiger charge is -1.99. The highest BCUT2D eigenvalue weighted by atomic mass is 127. The number of hydrogen-bond donors (Lipinski definition) is 2. The second-order valence-corrected chi connectivity index (χ2v) is 7.30. The van der Waals surface area contributed by atoms with Gasteiger partial charge in [0.25, 0.3) is 5.91 Å². The first-order valence-electron chi connectivity index (χ1n) is 6.55. The predicted octanol–water partition coefficient (Wildman–Crippen LogP) is 4.54. The molecule has 4 nitrogen and oxygen atoms in total. The van der Waals surface area contributed by atoms with Crippen LogP contribution in [0, 0.1) is 3.57 Å². The molecule has 0 spiro atoms. The molecule has 1 amide bonds. The van der Waals surface area contributed by atoms with Crippen LogP contribution in [0.3, 0.4) is 0 Å². The first-order valence-corrected chi connectivity index (χ1v) is 8.82. The second-order valence-electron chi connectivity index (χ2n) is 4.67. The van der Waals surface area contributed by atoms with Crippen LogP contribution in [0.2, 0.25) is 5.02 Å². The number of nitrogens with zero attached hydrogens (tertiary/aromatic N) is 1. The smallest absolute Gasteiger partial charge is 0.264 e. The van der Waals surface area contributed by atoms with E-state index in [4.69, 9.17) is 11.6 Å². The number of halogens is 2. The molecule has 0 radical (unpaired) electrons. The average Bonchev–Trinajstić information content (AvgIpc) is 2.83. The number of nitrogens with one attached hydrogen (secondary N) is 1. The van der Waals surface area contributed by atoms with Gasteiger partial charge >= 0.3 is 0 Å². The largest absolute Gasteiger partial charge is 0.507 e. The number of thioether (sulfide) groups is 1. The van der Waals surface area contributed by atoms with Gasteiger partial charge in [0.2, 0.25) is 0 Å². The standard InChI is InChI=1S/C16H10ClIN2O2S/c17-10-2-1-3-11(8-10)19-16-20-15(22)14(23-16)7-9-4-5-13(21)12(18)6-9/h1-8,21H,(H,19,20,22)/b14-7-. The van der Waals surface area contributed by atoms with E-state index in [0.29, 0.717) is 20.8 Å². The minimum absolute atomic E-state index is 0.195. The number of rotatable bonds is 2. The van der Waals surface area contributed by atoms with E-state index in [-0.39, 0.29) is 11.7 Å². The molecule has 0 aliphatic carbocycles. The van der Waals surface area contributed by atoms with E-state index >= 15 is 0 Å². The highest BCUT2D eigenvalue weighted by Gasteiger charge is 2.23. The van der Waals surface area contributed by atoms with E-state index in [2.05, 4.69) is 10.3 Å². The van der Waals surface area contributed by atoms with Gasteiger partial charge in [-0.15, -0.1) is 0 Å². The lowest BCUT2D eigenvalue weighted by molar-refractivity contribution is -0.115. The summed E-state index contributed by atoms with van der Waals surface area (Å²) in [6, 6.07) is 12.3. The van der Waals surface area contributed by atoms with Gasteiger partial charge in [-0.1, -0.05) is 23.7 Å². The zero-order chi connectivity index (χ0) is 16.4. The number of hydrogen-bond acceptors (Lipinski definition) is 4. The fourth-order valence-electron chi connectivity index (χ4n) is 1.91. The van der Waals surface area contributed by atoms with Crippen molar-refractivity contribution in [3.63, 3.8) is 0 Å². The number of phenolic OH excluding ortho intramolecular Hbond substituents is 1. The van der Waals surface area contributed by atoms with Crippen LogP contribution < -0.4 is 5.32 Å². The van der Waals surface area contributed by atoms with Gasteiger partial charge in [-0.2, -0.15) is 0 Å². The summed E-state index contributed by atoms with van der Waals surface area (Å²) < 4.78 is 0.730. The lowest BCUT2D eigenvalue weighted by Crippen LogP contribution is -2.19. The van der Waals surface area contributed by atoms with Gasteiger partial charge < -0.3 is 10.4 Å². The third-order valence-electron chi connectivity index (χ3n) is 2.96. The topological polar surface area (TPSA) is 61.7 Å². The van der Waals surface area contributed by atoms with Gasteiger partial charge in [0, 0.05) is 5.02 Å². The fraction of sp³-hybridized carbons (Fsp3) is 0. The molecule has 3 rings (SSSR count). The van der Waals surface area contributed by atoms with E-state index in [1.54, 1.807) is 36.4 Å². The Morgan fingerprint density at radius 2 is 2.09 bits per heavy atom. The van der Waals surface area contributed by atoms with Crippen LogP contribution in [-0.2, 0) is 4.79 Å². The van der Waals surface area contributed by atoms with Crippen LogP contribution in [-0.4, -0.2) is 16.2 Å². The number of amidine groups is 1. The molecule has 1 aliphatic heterocycles. The minimum atomic E-state index is -0.195. The predicted molar refractivity (Wildman–Crippen MR) is 103 cm³/mol. The molecule has 0 atom stereocenters. The maximum atomic E-state index is 12.0. The molecular weight excluding hydrogens is 447 g/mol. The summed E-state index contributed by atoms with van der Waals surface area (Å²) in [5, 5.41) is 13.4. The second kappa shape index (κ2) is 6.94. The first-order chi connectivity index (χ1) is 11.0. The molecule has 0 bridgehead atoms. The van der Waals surface area contributed by atoms with E-state index in [1.807, 2.05) is 34.7 Å². The van der Waals surface area contributed by atoms with Crippen molar-refractivity contribution in [2.45, 2.75) is 0 Å². The third kappa shape index (κ3) is 4.07. The van der Waals surface area contributed by atoms with Crippen molar-refractivity contribution in [3.05, 3.63) is 61.5 Å². The number of benzene rings is 2. The lowest BCUT2D eigenvalue weighted by atomic mass is 10.2. The molecule has 23 heavy (non-hydrogen) atoms. The molecule has 7 heteroatoms.